The van der Waals surface area contributed by atoms with E-state index in [-0.39, 0.29) is 37.4 Å². The van der Waals surface area contributed by atoms with E-state index in [0.29, 0.717) is 0 Å². The average Bonchev–Trinajstić information content (AvgIpc) is 1.68. The van der Waals surface area contributed by atoms with Crippen molar-refractivity contribution in [3.8, 4) is 0 Å². The first-order chi connectivity index (χ1) is 3.31. The summed E-state index contributed by atoms with van der Waals surface area (Å²) < 4.78 is 25.1. The minimum Gasteiger partial charge on any atom is -1.00 e. The van der Waals surface area contributed by atoms with Crippen molar-refractivity contribution in [3.05, 3.63) is 0 Å². The van der Waals surface area contributed by atoms with Gasteiger partial charge in [-0.3, -0.25) is 4.52 Å². The van der Waals surface area contributed by atoms with Crippen LogP contribution in [0.25, 0.3) is 0 Å². The quantitative estimate of drug-likeness (QED) is 0.380. The monoisotopic (exact) mass is 148 g/mol. The molecule has 0 aromatic carbocycles. The van der Waals surface area contributed by atoms with E-state index >= 15 is 0 Å². The van der Waals surface area contributed by atoms with Crippen molar-refractivity contribution in [3.63, 3.8) is 0 Å². The van der Waals surface area contributed by atoms with Crippen molar-refractivity contribution in [2.24, 2.45) is 0 Å². The first-order valence-corrected chi connectivity index (χ1v) is 2.66. The molecule has 8 heavy (non-hydrogen) atoms. The summed E-state index contributed by atoms with van der Waals surface area (Å²) >= 11 is 0. The largest absolute Gasteiger partial charge is 1.00 e. The second-order valence-corrected chi connectivity index (χ2v) is 1.36. The van der Waals surface area contributed by atoms with E-state index in [2.05, 4.69) is 4.52 Å². The standard InChI is InChI=1S/C3H6FO2P.Na.H/c1-2-3(4)6-7-5;;/h3H,2H2,1H3;;/q;+1;-1. The Balaban J connectivity index is -0.000000180. The zero-order valence-corrected chi connectivity index (χ0v) is 7.82. The van der Waals surface area contributed by atoms with E-state index in [1.807, 2.05) is 0 Å². The Kier molecular flexibility index (Phi) is 11.7. The van der Waals surface area contributed by atoms with Gasteiger partial charge in [0.1, 0.15) is 0 Å². The number of hydrogen-bond acceptors (Lipinski definition) is 2. The van der Waals surface area contributed by atoms with Crippen LogP contribution in [-0.2, 0) is 9.09 Å². The van der Waals surface area contributed by atoms with Crippen LogP contribution in [0.5, 0.6) is 0 Å². The summed E-state index contributed by atoms with van der Waals surface area (Å²) in [6, 6.07) is 0. The molecule has 44 valence electrons. The third-order valence-electron chi connectivity index (χ3n) is 0.478. The fraction of sp³-hybridized carbons (Fsp3) is 1.00. The third kappa shape index (κ3) is 6.99. The van der Waals surface area contributed by atoms with Gasteiger partial charge in [0.25, 0.3) is 0 Å². The molecule has 2 nitrogen and oxygen atoms in total. The second-order valence-electron chi connectivity index (χ2n) is 0.998. The summed E-state index contributed by atoms with van der Waals surface area (Å²) in [5.41, 5.74) is 0. The molecule has 0 amide bonds. The van der Waals surface area contributed by atoms with Gasteiger partial charge in [-0.15, -0.1) is 0 Å². The molecule has 0 saturated carbocycles. The summed E-state index contributed by atoms with van der Waals surface area (Å²) in [5.74, 6) is 0. The Morgan fingerprint density at radius 2 is 2.50 bits per heavy atom. The first kappa shape index (κ1) is 11.7. The average molecular weight is 148 g/mol. The van der Waals surface area contributed by atoms with Crippen molar-refractivity contribution < 1.29 is 44.5 Å². The Labute approximate surface area is 72.9 Å². The molecule has 0 N–H and O–H groups in total. The van der Waals surface area contributed by atoms with Gasteiger partial charge in [0.2, 0.25) is 6.36 Å². The maximum Gasteiger partial charge on any atom is 1.00 e. The maximum atomic E-state index is 11.7. The SMILES string of the molecule is CCC(F)OP=O.[H-].[Na+]. The van der Waals surface area contributed by atoms with Gasteiger partial charge in [0.15, 0.2) is 0 Å². The van der Waals surface area contributed by atoms with E-state index in [1.54, 1.807) is 6.92 Å². The van der Waals surface area contributed by atoms with Crippen molar-refractivity contribution in [2.45, 2.75) is 19.7 Å². The molecule has 1 atom stereocenters. The molecular formula is C3H7FNaO2P. The van der Waals surface area contributed by atoms with Crippen LogP contribution in [-0.4, -0.2) is 6.36 Å². The van der Waals surface area contributed by atoms with Gasteiger partial charge < -0.3 is 1.43 Å². The fourth-order valence-corrected chi connectivity index (χ4v) is 0.364. The molecular weight excluding hydrogens is 141 g/mol. The van der Waals surface area contributed by atoms with Gasteiger partial charge in [-0.2, -0.15) is 0 Å². The fourth-order valence-electron chi connectivity index (χ4n) is 0.121. The molecule has 0 aliphatic rings. The maximum absolute atomic E-state index is 11.7. The molecule has 0 heterocycles. The summed E-state index contributed by atoms with van der Waals surface area (Å²) in [5, 5.41) is 0. The van der Waals surface area contributed by atoms with Gasteiger partial charge in [-0.25, -0.2) is 8.96 Å². The van der Waals surface area contributed by atoms with Crippen LogP contribution >= 0.6 is 8.69 Å². The van der Waals surface area contributed by atoms with E-state index in [1.165, 1.54) is 0 Å². The normalized spacial score (nSPS) is 12.8. The van der Waals surface area contributed by atoms with Gasteiger partial charge in [-0.05, 0) is 0 Å². The molecule has 0 saturated heterocycles. The van der Waals surface area contributed by atoms with Crippen LogP contribution in [0.2, 0.25) is 0 Å². The Hall–Kier alpha value is 0.990. The van der Waals surface area contributed by atoms with Gasteiger partial charge >= 0.3 is 38.2 Å². The Morgan fingerprint density at radius 3 is 2.62 bits per heavy atom. The molecule has 0 aliphatic heterocycles. The molecule has 0 aromatic heterocycles. The molecule has 0 spiro atoms. The zero-order chi connectivity index (χ0) is 5.70. The summed E-state index contributed by atoms with van der Waals surface area (Å²) in [7, 11) is -0.585. The van der Waals surface area contributed by atoms with E-state index in [4.69, 9.17) is 0 Å². The molecule has 0 radical (unpaired) electrons. The van der Waals surface area contributed by atoms with Gasteiger partial charge in [0, 0.05) is 6.42 Å². The Bertz CT molecular complexity index is 67.8. The van der Waals surface area contributed by atoms with Crippen LogP contribution in [0.3, 0.4) is 0 Å². The van der Waals surface area contributed by atoms with Crippen LogP contribution in [0.15, 0.2) is 0 Å². The molecule has 0 aromatic rings. The molecule has 0 fully saturated rings. The van der Waals surface area contributed by atoms with Gasteiger partial charge in [0.05, 0.1) is 0 Å². The molecule has 0 bridgehead atoms. The summed E-state index contributed by atoms with van der Waals surface area (Å²) in [6.45, 7) is 1.61. The second kappa shape index (κ2) is 7.99. The van der Waals surface area contributed by atoms with Crippen LogP contribution < -0.4 is 29.6 Å². The van der Waals surface area contributed by atoms with Crippen LogP contribution in [0.4, 0.5) is 4.39 Å². The molecule has 5 heteroatoms. The van der Waals surface area contributed by atoms with Crippen molar-refractivity contribution in [2.75, 3.05) is 0 Å². The van der Waals surface area contributed by atoms with Crippen molar-refractivity contribution in [1.29, 1.82) is 0 Å². The number of rotatable bonds is 3. The predicted molar refractivity (Wildman–Crippen MR) is 25.0 cm³/mol. The zero-order valence-electron chi connectivity index (χ0n) is 5.93. The minimum absolute atomic E-state index is 0. The molecule has 0 aliphatic carbocycles. The number of alkyl halides is 1. The predicted octanol–water partition coefficient (Wildman–Crippen LogP) is -0.968. The first-order valence-electron chi connectivity index (χ1n) is 1.93. The van der Waals surface area contributed by atoms with E-state index in [9.17, 15) is 8.96 Å². The minimum atomic E-state index is -1.38. The summed E-state index contributed by atoms with van der Waals surface area (Å²) in [4.78, 5) is 0. The van der Waals surface area contributed by atoms with E-state index in [0.717, 1.165) is 0 Å². The Morgan fingerprint density at radius 1 is 2.00 bits per heavy atom. The van der Waals surface area contributed by atoms with Gasteiger partial charge in [-0.1, -0.05) is 6.92 Å². The topological polar surface area (TPSA) is 26.3 Å². The summed E-state index contributed by atoms with van der Waals surface area (Å²) in [6.07, 6.45) is -1.13. The van der Waals surface area contributed by atoms with Crippen LogP contribution in [0, 0.1) is 0 Å². The smallest absolute Gasteiger partial charge is 1.00 e. The third-order valence-corrected chi connectivity index (χ3v) is 0.793. The van der Waals surface area contributed by atoms with Crippen molar-refractivity contribution >= 4 is 8.69 Å². The molecule has 1 unspecified atom stereocenters. The number of hydrogen-bond donors (Lipinski definition) is 0. The number of halogens is 1. The van der Waals surface area contributed by atoms with Crippen molar-refractivity contribution in [1.82, 2.24) is 0 Å². The van der Waals surface area contributed by atoms with Crippen LogP contribution in [0.1, 0.15) is 14.8 Å². The molecule has 0 rings (SSSR count). The van der Waals surface area contributed by atoms with E-state index < -0.39 is 15.0 Å².